The lowest BCUT2D eigenvalue weighted by Crippen LogP contribution is -2.51. The molecule has 2 aliphatic heterocycles. The van der Waals surface area contributed by atoms with Gasteiger partial charge in [-0.2, -0.15) is 4.31 Å². The standard InChI is InChI=1S/C38H55N5O7S/c1-7-14-42(15-8-2)37(46)32-19-30-11-9-28(20-33(30)40-35(39)22-32)29-10-12-31(34(21-29)51(47,48)43-23-27(24-43)26-44)25-41(6)16-18-49-17-13-36(45)50-38(3,4)5/h9-12,19-21,27,44H,7-8,13-18,22-26H2,1-6H3,(H2,39,40). The number of ether oxygens (including phenoxy) is 2. The van der Waals surface area contributed by atoms with Crippen molar-refractivity contribution in [2.24, 2.45) is 16.6 Å². The Morgan fingerprint density at radius 1 is 1.02 bits per heavy atom. The number of nitrogens with zero attached hydrogens (tertiary/aromatic N) is 4. The Bertz CT molecular complexity index is 1710. The van der Waals surface area contributed by atoms with Crippen LogP contribution in [0.25, 0.3) is 17.2 Å². The second-order valence-electron chi connectivity index (χ2n) is 14.4. The SMILES string of the molecule is CCCN(CCC)C(=O)C1=Cc2ccc(-c3ccc(CN(C)CCOCCC(=O)OC(C)(C)C)c(S(=O)(=O)N4CC(CO)C4)c3)cc2N=C(N)C1. The van der Waals surface area contributed by atoms with Gasteiger partial charge in [-0.05, 0) is 75.6 Å². The Morgan fingerprint density at radius 2 is 1.69 bits per heavy atom. The van der Waals surface area contributed by atoms with E-state index < -0.39 is 15.6 Å². The van der Waals surface area contributed by atoms with E-state index in [9.17, 15) is 23.1 Å². The minimum atomic E-state index is -3.86. The van der Waals surface area contributed by atoms with Crippen LogP contribution < -0.4 is 5.73 Å². The van der Waals surface area contributed by atoms with Crippen LogP contribution in [0.3, 0.4) is 0 Å². The number of hydrogen-bond donors (Lipinski definition) is 2. The number of esters is 1. The number of carbonyl (C=O) groups is 2. The lowest BCUT2D eigenvalue weighted by atomic mass is 9.99. The molecule has 2 aromatic rings. The first kappa shape index (κ1) is 40.2. The van der Waals surface area contributed by atoms with Crippen molar-refractivity contribution >= 4 is 39.5 Å². The van der Waals surface area contributed by atoms with Crippen LogP contribution in [0.1, 0.15) is 71.4 Å². The van der Waals surface area contributed by atoms with Crippen molar-refractivity contribution in [2.75, 3.05) is 59.6 Å². The highest BCUT2D eigenvalue weighted by Gasteiger charge is 2.37. The molecule has 1 amide bonds. The van der Waals surface area contributed by atoms with Crippen LogP contribution in [0.2, 0.25) is 0 Å². The average molecular weight is 726 g/mol. The topological polar surface area (TPSA) is 155 Å². The summed E-state index contributed by atoms with van der Waals surface area (Å²) in [6.45, 7) is 12.8. The molecule has 0 aliphatic carbocycles. The molecule has 0 unspecified atom stereocenters. The molecule has 1 fully saturated rings. The number of amidine groups is 1. The third-order valence-corrected chi connectivity index (χ3v) is 10.6. The van der Waals surface area contributed by atoms with Crippen LogP contribution in [0.5, 0.6) is 0 Å². The maximum Gasteiger partial charge on any atom is 0.308 e. The van der Waals surface area contributed by atoms with Gasteiger partial charge < -0.3 is 25.2 Å². The van der Waals surface area contributed by atoms with Gasteiger partial charge in [0.05, 0.1) is 30.2 Å². The number of carbonyl (C=O) groups excluding carboxylic acids is 2. The summed E-state index contributed by atoms with van der Waals surface area (Å²) in [6, 6.07) is 11.1. The number of aliphatic hydroxyl groups is 1. The van der Waals surface area contributed by atoms with Crippen molar-refractivity contribution < 1.29 is 32.6 Å². The largest absolute Gasteiger partial charge is 0.460 e. The Balaban J connectivity index is 1.56. The molecule has 1 saturated heterocycles. The quantitative estimate of drug-likeness (QED) is 0.176. The second kappa shape index (κ2) is 17.7. The number of sulfonamides is 1. The van der Waals surface area contributed by atoms with Crippen LogP contribution in [0.15, 0.2) is 51.9 Å². The average Bonchev–Trinajstić information content (AvgIpc) is 3.20. The van der Waals surface area contributed by atoms with Crippen LogP contribution in [0, 0.1) is 5.92 Å². The maximum absolute atomic E-state index is 14.0. The molecule has 0 aromatic heterocycles. The Morgan fingerprint density at radius 3 is 2.33 bits per heavy atom. The van der Waals surface area contributed by atoms with Gasteiger partial charge >= 0.3 is 5.97 Å². The van der Waals surface area contributed by atoms with E-state index in [-0.39, 0.29) is 61.8 Å². The number of likely N-dealkylation sites (N-methyl/N-ethyl adjacent to an activating group) is 1. The van der Waals surface area contributed by atoms with Crippen LogP contribution in [0.4, 0.5) is 5.69 Å². The van der Waals surface area contributed by atoms with E-state index in [4.69, 9.17) is 15.2 Å². The number of hydrogen-bond acceptors (Lipinski definition) is 10. The van der Waals surface area contributed by atoms with Crippen LogP contribution in [-0.4, -0.2) is 111 Å². The first-order chi connectivity index (χ1) is 24.1. The predicted molar refractivity (Wildman–Crippen MR) is 200 cm³/mol. The molecule has 2 heterocycles. The number of nitrogens with two attached hydrogens (primary N) is 1. The van der Waals surface area contributed by atoms with Crippen LogP contribution in [-0.2, 0) is 35.6 Å². The lowest BCUT2D eigenvalue weighted by molar-refractivity contribution is -0.156. The summed E-state index contributed by atoms with van der Waals surface area (Å²) >= 11 is 0. The summed E-state index contributed by atoms with van der Waals surface area (Å²) in [7, 11) is -1.97. The number of amides is 1. The van der Waals surface area contributed by atoms with E-state index in [2.05, 4.69) is 18.8 Å². The number of aliphatic hydroxyl groups excluding tert-OH is 1. The summed E-state index contributed by atoms with van der Waals surface area (Å²) in [4.78, 5) is 34.1. The summed E-state index contributed by atoms with van der Waals surface area (Å²) in [5.41, 5.74) is 9.85. The number of fused-ring (bicyclic) bond motifs is 1. The fraction of sp³-hybridized carbons (Fsp3) is 0.553. The van der Waals surface area contributed by atoms with Gasteiger partial charge in [-0.3, -0.25) is 14.5 Å². The van der Waals surface area contributed by atoms with Gasteiger partial charge in [-0.15, -0.1) is 0 Å². The monoisotopic (exact) mass is 725 g/mol. The third-order valence-electron chi connectivity index (χ3n) is 8.67. The van der Waals surface area contributed by atoms with Crippen molar-refractivity contribution in [1.29, 1.82) is 0 Å². The molecule has 13 heteroatoms. The zero-order valence-corrected chi connectivity index (χ0v) is 31.8. The molecule has 3 N–H and O–H groups in total. The van der Waals surface area contributed by atoms with Gasteiger partial charge in [0, 0.05) is 69.4 Å². The summed E-state index contributed by atoms with van der Waals surface area (Å²) in [5.74, 6) is -0.0979. The zero-order valence-electron chi connectivity index (χ0n) is 31.0. The van der Waals surface area contributed by atoms with Crippen molar-refractivity contribution in [3.8, 4) is 11.1 Å². The highest BCUT2D eigenvalue weighted by molar-refractivity contribution is 7.89. The molecule has 12 nitrogen and oxygen atoms in total. The van der Waals surface area contributed by atoms with Crippen molar-refractivity contribution in [1.82, 2.24) is 14.1 Å². The molecule has 0 radical (unpaired) electrons. The molecule has 280 valence electrons. The number of benzene rings is 2. The first-order valence-electron chi connectivity index (χ1n) is 17.8. The normalized spacial score (nSPS) is 15.5. The number of rotatable bonds is 17. The van der Waals surface area contributed by atoms with Gasteiger partial charge in [0.2, 0.25) is 15.9 Å². The number of aliphatic imine (C=N–C) groups is 1. The van der Waals surface area contributed by atoms with E-state index in [0.717, 1.165) is 24.0 Å². The summed E-state index contributed by atoms with van der Waals surface area (Å²) < 4.78 is 40.3. The van der Waals surface area contributed by atoms with Gasteiger partial charge in [0.25, 0.3) is 0 Å². The van der Waals surface area contributed by atoms with Gasteiger partial charge in [0.1, 0.15) is 11.4 Å². The molecule has 2 aromatic carbocycles. The Hall–Kier alpha value is -3.62. The molecular weight excluding hydrogens is 671 g/mol. The van der Waals surface area contributed by atoms with E-state index in [1.807, 2.05) is 74.0 Å². The van der Waals surface area contributed by atoms with Gasteiger partial charge in [0.15, 0.2) is 0 Å². The van der Waals surface area contributed by atoms with E-state index in [1.165, 1.54) is 4.31 Å². The predicted octanol–water partition coefficient (Wildman–Crippen LogP) is 4.57. The molecule has 51 heavy (non-hydrogen) atoms. The smallest absolute Gasteiger partial charge is 0.308 e. The minimum absolute atomic E-state index is 0.0361. The summed E-state index contributed by atoms with van der Waals surface area (Å²) in [5, 5.41) is 9.55. The molecule has 0 spiro atoms. The van der Waals surface area contributed by atoms with E-state index in [0.29, 0.717) is 61.0 Å². The van der Waals surface area contributed by atoms with Crippen molar-refractivity contribution in [3.63, 3.8) is 0 Å². The first-order valence-corrected chi connectivity index (χ1v) is 19.3. The minimum Gasteiger partial charge on any atom is -0.460 e. The molecule has 0 bridgehead atoms. The lowest BCUT2D eigenvalue weighted by Gasteiger charge is -2.37. The zero-order chi connectivity index (χ0) is 37.3. The van der Waals surface area contributed by atoms with E-state index in [1.54, 1.807) is 6.07 Å². The maximum atomic E-state index is 14.0. The third kappa shape index (κ3) is 10.9. The van der Waals surface area contributed by atoms with Gasteiger partial charge in [-0.25, -0.2) is 13.4 Å². The van der Waals surface area contributed by atoms with E-state index >= 15 is 0 Å². The molecule has 4 rings (SSSR count). The van der Waals surface area contributed by atoms with Crippen molar-refractivity contribution in [3.05, 3.63) is 53.1 Å². The highest BCUT2D eigenvalue weighted by Crippen LogP contribution is 2.35. The molecule has 0 saturated carbocycles. The highest BCUT2D eigenvalue weighted by atomic mass is 32.2. The fourth-order valence-corrected chi connectivity index (χ4v) is 7.92. The molecule has 2 aliphatic rings. The molecule has 0 atom stereocenters. The Kier molecular flexibility index (Phi) is 14.0. The summed E-state index contributed by atoms with van der Waals surface area (Å²) in [6.07, 6.45) is 3.99. The second-order valence-corrected chi connectivity index (χ2v) is 16.3. The van der Waals surface area contributed by atoms with Gasteiger partial charge in [-0.1, -0.05) is 38.1 Å². The Labute approximate surface area is 303 Å². The van der Waals surface area contributed by atoms with Crippen LogP contribution >= 0.6 is 0 Å². The van der Waals surface area contributed by atoms with Crippen molar-refractivity contribution in [2.45, 2.75) is 77.3 Å². The molecular formula is C38H55N5O7S. The fourth-order valence-electron chi connectivity index (χ4n) is 6.08.